The van der Waals surface area contributed by atoms with E-state index in [2.05, 4.69) is 20.9 Å². The lowest BCUT2D eigenvalue weighted by molar-refractivity contribution is 0.0529. The van der Waals surface area contributed by atoms with Crippen molar-refractivity contribution in [3.05, 3.63) is 29.6 Å². The first kappa shape index (κ1) is 26.3. The number of rotatable bonds is 8. The summed E-state index contributed by atoms with van der Waals surface area (Å²) in [7, 11) is 1.65. The zero-order valence-electron chi connectivity index (χ0n) is 18.4. The lowest BCUT2D eigenvalue weighted by atomic mass is 10.1. The minimum absolute atomic E-state index is 0. The zero-order valence-corrected chi connectivity index (χ0v) is 20.7. The van der Waals surface area contributed by atoms with Gasteiger partial charge in [-0.25, -0.2) is 9.18 Å². The highest BCUT2D eigenvalue weighted by atomic mass is 127. The summed E-state index contributed by atoms with van der Waals surface area (Å²) in [6.07, 6.45) is 1.87. The number of hydrogen-bond donors (Lipinski definition) is 3. The lowest BCUT2D eigenvalue weighted by Gasteiger charge is -2.21. The Morgan fingerprint density at radius 1 is 1.27 bits per heavy atom. The molecule has 1 saturated carbocycles. The monoisotopic (exact) mass is 536 g/mol. The molecule has 1 aromatic rings. The van der Waals surface area contributed by atoms with Gasteiger partial charge in [0.2, 0.25) is 0 Å². The summed E-state index contributed by atoms with van der Waals surface area (Å²) < 4.78 is 25.0. The Hall–Kier alpha value is -1.78. The predicted octanol–water partition coefficient (Wildman–Crippen LogP) is 3.98. The van der Waals surface area contributed by atoms with Gasteiger partial charge in [-0.05, 0) is 64.2 Å². The van der Waals surface area contributed by atoms with Gasteiger partial charge in [-0.3, -0.25) is 4.99 Å². The molecule has 2 rings (SSSR count). The van der Waals surface area contributed by atoms with Crippen LogP contribution in [-0.2, 0) is 4.74 Å². The second-order valence-electron chi connectivity index (χ2n) is 8.24. The molecule has 0 heterocycles. The van der Waals surface area contributed by atoms with Crippen LogP contribution in [0.2, 0.25) is 0 Å². The number of amides is 1. The number of aliphatic imine (C=N–C) groups is 1. The van der Waals surface area contributed by atoms with Gasteiger partial charge < -0.3 is 25.4 Å². The molecule has 0 spiro atoms. The van der Waals surface area contributed by atoms with Crippen LogP contribution in [0, 0.1) is 11.7 Å². The van der Waals surface area contributed by atoms with Gasteiger partial charge in [0.05, 0.1) is 12.6 Å². The van der Waals surface area contributed by atoms with Crippen LogP contribution in [0.4, 0.5) is 9.18 Å². The quantitative estimate of drug-likeness (QED) is 0.203. The van der Waals surface area contributed by atoms with E-state index in [4.69, 9.17) is 9.47 Å². The fraction of sp³-hybridized carbons (Fsp3) is 0.619. The predicted molar refractivity (Wildman–Crippen MR) is 127 cm³/mol. The summed E-state index contributed by atoms with van der Waals surface area (Å²) in [4.78, 5) is 15.8. The number of ether oxygens (including phenoxy) is 2. The molecule has 0 bridgehead atoms. The Balaban J connectivity index is 0.00000450. The molecule has 30 heavy (non-hydrogen) atoms. The largest absolute Gasteiger partial charge is 0.490 e. The van der Waals surface area contributed by atoms with Crippen molar-refractivity contribution in [1.82, 2.24) is 16.0 Å². The third kappa shape index (κ3) is 9.82. The fourth-order valence-electron chi connectivity index (χ4n) is 2.54. The molecule has 7 nitrogen and oxygen atoms in total. The molecule has 0 radical (unpaired) electrons. The van der Waals surface area contributed by atoms with E-state index < -0.39 is 11.7 Å². The summed E-state index contributed by atoms with van der Waals surface area (Å²) >= 11 is 0. The number of benzene rings is 1. The molecule has 1 aliphatic rings. The van der Waals surface area contributed by atoms with Crippen molar-refractivity contribution in [3.8, 4) is 5.75 Å². The van der Waals surface area contributed by atoms with Crippen LogP contribution in [0.5, 0.6) is 5.75 Å². The summed E-state index contributed by atoms with van der Waals surface area (Å²) in [5, 5.41) is 8.98. The van der Waals surface area contributed by atoms with Crippen molar-refractivity contribution < 1.29 is 18.7 Å². The van der Waals surface area contributed by atoms with Gasteiger partial charge in [0, 0.05) is 20.1 Å². The molecule has 170 valence electrons. The van der Waals surface area contributed by atoms with E-state index in [0.717, 1.165) is 5.56 Å². The van der Waals surface area contributed by atoms with E-state index in [1.807, 2.05) is 33.8 Å². The topological polar surface area (TPSA) is 84.0 Å². The van der Waals surface area contributed by atoms with Crippen LogP contribution in [-0.4, -0.2) is 44.4 Å². The fourth-order valence-corrected chi connectivity index (χ4v) is 2.54. The van der Waals surface area contributed by atoms with E-state index in [0.29, 0.717) is 37.3 Å². The van der Waals surface area contributed by atoms with Crippen molar-refractivity contribution in [3.63, 3.8) is 0 Å². The Morgan fingerprint density at radius 3 is 2.50 bits per heavy atom. The summed E-state index contributed by atoms with van der Waals surface area (Å²) in [5.74, 6) is 1.07. The number of carbonyl (C=O) groups excluding carboxylic acids is 1. The van der Waals surface area contributed by atoms with E-state index in [1.165, 1.54) is 18.9 Å². The lowest BCUT2D eigenvalue weighted by Crippen LogP contribution is -2.43. The van der Waals surface area contributed by atoms with Crippen LogP contribution < -0.4 is 20.7 Å². The zero-order chi connectivity index (χ0) is 21.4. The minimum atomic E-state index is -0.529. The smallest absolute Gasteiger partial charge is 0.407 e. The second kappa shape index (κ2) is 12.2. The Labute approximate surface area is 195 Å². The average molecular weight is 536 g/mol. The number of guanidine groups is 1. The number of carbonyl (C=O) groups is 1. The van der Waals surface area contributed by atoms with Gasteiger partial charge in [0.25, 0.3) is 0 Å². The number of hydrogen-bond acceptors (Lipinski definition) is 4. The Kier molecular flexibility index (Phi) is 10.6. The Morgan fingerprint density at radius 2 is 1.93 bits per heavy atom. The van der Waals surface area contributed by atoms with E-state index >= 15 is 0 Å². The van der Waals surface area contributed by atoms with E-state index in [-0.39, 0.29) is 35.8 Å². The molecule has 0 aromatic heterocycles. The van der Waals surface area contributed by atoms with Crippen molar-refractivity contribution in [2.75, 3.05) is 26.7 Å². The average Bonchev–Trinajstić information content (AvgIpc) is 3.46. The normalized spacial score (nSPS) is 14.9. The first-order valence-electron chi connectivity index (χ1n) is 10.0. The van der Waals surface area contributed by atoms with Crippen LogP contribution >= 0.6 is 24.0 Å². The number of halogens is 2. The van der Waals surface area contributed by atoms with Crippen molar-refractivity contribution in [2.45, 2.75) is 52.2 Å². The maximum Gasteiger partial charge on any atom is 0.407 e. The summed E-state index contributed by atoms with van der Waals surface area (Å²) in [6, 6.07) is 4.84. The summed E-state index contributed by atoms with van der Waals surface area (Å²) in [6.45, 7) is 8.79. The third-order valence-corrected chi connectivity index (χ3v) is 4.29. The second-order valence-corrected chi connectivity index (χ2v) is 8.24. The van der Waals surface area contributed by atoms with Crippen LogP contribution in [0.15, 0.2) is 23.2 Å². The number of nitrogens with zero attached hydrogens (tertiary/aromatic N) is 1. The molecule has 1 unspecified atom stereocenters. The summed E-state index contributed by atoms with van der Waals surface area (Å²) in [5.41, 5.74) is 0.259. The van der Waals surface area contributed by atoms with Gasteiger partial charge in [-0.15, -0.1) is 24.0 Å². The maximum atomic E-state index is 14.3. The number of nitrogens with one attached hydrogen (secondary N) is 3. The maximum absolute atomic E-state index is 14.3. The standard InChI is InChI=1S/C21H33FN4O3.HI/c1-14(16-8-9-18(17(22)12-16)28-13-15-6-7-15)26-19(23-5)24-10-11-25-20(27)29-21(2,3)4;/h8-9,12,14-15H,6-7,10-11,13H2,1-5H3,(H,25,27)(H2,23,24,26);1H. The van der Waals surface area contributed by atoms with Crippen molar-refractivity contribution in [1.29, 1.82) is 0 Å². The molecule has 0 saturated heterocycles. The van der Waals surface area contributed by atoms with Crippen molar-refractivity contribution in [2.24, 2.45) is 10.9 Å². The van der Waals surface area contributed by atoms with Gasteiger partial charge in [0.1, 0.15) is 5.60 Å². The van der Waals surface area contributed by atoms with E-state index in [9.17, 15) is 9.18 Å². The third-order valence-electron chi connectivity index (χ3n) is 4.29. The molecule has 1 atom stereocenters. The SMILES string of the molecule is CN=C(NCCNC(=O)OC(C)(C)C)NC(C)c1ccc(OCC2CC2)c(F)c1.I. The van der Waals surface area contributed by atoms with Crippen LogP contribution in [0.3, 0.4) is 0 Å². The Bertz CT molecular complexity index is 721. The minimum Gasteiger partial charge on any atom is -0.490 e. The molecule has 0 aliphatic heterocycles. The molecule has 3 N–H and O–H groups in total. The van der Waals surface area contributed by atoms with Gasteiger partial charge in [-0.1, -0.05) is 6.07 Å². The first-order valence-corrected chi connectivity index (χ1v) is 10.0. The molecular weight excluding hydrogens is 502 g/mol. The molecule has 1 aliphatic carbocycles. The van der Waals surface area contributed by atoms with Gasteiger partial charge in [0.15, 0.2) is 17.5 Å². The number of alkyl carbamates (subject to hydrolysis) is 1. The van der Waals surface area contributed by atoms with Gasteiger partial charge >= 0.3 is 6.09 Å². The van der Waals surface area contributed by atoms with Crippen LogP contribution in [0.25, 0.3) is 0 Å². The van der Waals surface area contributed by atoms with E-state index in [1.54, 1.807) is 13.1 Å². The molecule has 1 aromatic carbocycles. The molecule has 1 fully saturated rings. The highest BCUT2D eigenvalue weighted by molar-refractivity contribution is 14.0. The highest BCUT2D eigenvalue weighted by Crippen LogP contribution is 2.30. The first-order chi connectivity index (χ1) is 13.7. The van der Waals surface area contributed by atoms with Gasteiger partial charge in [-0.2, -0.15) is 0 Å². The molecular formula is C21H34FIN4O3. The highest BCUT2D eigenvalue weighted by Gasteiger charge is 2.22. The van der Waals surface area contributed by atoms with Crippen LogP contribution in [0.1, 0.15) is 52.1 Å². The molecule has 1 amide bonds. The van der Waals surface area contributed by atoms with Crippen molar-refractivity contribution >= 4 is 36.0 Å². The molecule has 9 heteroatoms.